The maximum atomic E-state index is 13.5. The minimum atomic E-state index is -1.83. The van der Waals surface area contributed by atoms with Crippen LogP contribution in [0.2, 0.25) is 0 Å². The van der Waals surface area contributed by atoms with E-state index in [0.29, 0.717) is 23.8 Å². The van der Waals surface area contributed by atoms with Gasteiger partial charge in [0.1, 0.15) is 29.8 Å². The Morgan fingerprint density at radius 3 is 1.98 bits per heavy atom. The second-order valence-electron chi connectivity index (χ2n) is 12.1. The number of carbonyl (C=O) groups excluding carboxylic acids is 6. The van der Waals surface area contributed by atoms with Crippen LogP contribution in [-0.4, -0.2) is 99.5 Å². The Morgan fingerprint density at radius 1 is 0.750 bits per heavy atom. The van der Waals surface area contributed by atoms with Gasteiger partial charge in [0, 0.05) is 50.0 Å². The molecule has 0 aliphatic rings. The molecule has 19 heteroatoms. The Bertz CT molecular complexity index is 1720. The zero-order valence-corrected chi connectivity index (χ0v) is 29.1. The number of carbonyl (C=O) groups is 8. The van der Waals surface area contributed by atoms with E-state index < -0.39 is 90.2 Å². The zero-order valence-electron chi connectivity index (χ0n) is 29.1. The first-order valence-electron chi connectivity index (χ1n) is 16.3. The van der Waals surface area contributed by atoms with E-state index >= 15 is 0 Å². The number of carboxylic acids is 2. The summed E-state index contributed by atoms with van der Waals surface area (Å²) in [5, 5.41) is 43.7. The number of rotatable bonds is 20. The van der Waals surface area contributed by atoms with Gasteiger partial charge in [-0.25, -0.2) is 4.79 Å². The van der Waals surface area contributed by atoms with Crippen molar-refractivity contribution in [3.63, 3.8) is 0 Å². The van der Waals surface area contributed by atoms with Crippen LogP contribution < -0.4 is 37.5 Å². The van der Waals surface area contributed by atoms with Crippen LogP contribution in [0.3, 0.4) is 0 Å². The maximum absolute atomic E-state index is 13.5. The Morgan fingerprint density at radius 2 is 1.38 bits per heavy atom. The van der Waals surface area contributed by atoms with E-state index in [4.69, 9.17) is 9.52 Å². The molecule has 0 fully saturated rings. The molecule has 0 aliphatic carbocycles. The number of hydrogen-bond donors (Lipinski definition) is 9. The lowest BCUT2D eigenvalue weighted by Crippen LogP contribution is -2.60. The van der Waals surface area contributed by atoms with Crippen molar-refractivity contribution in [2.24, 2.45) is 0 Å². The number of anilines is 1. The Kier molecular flexibility index (Phi) is 16.4. The van der Waals surface area contributed by atoms with E-state index in [-0.39, 0.29) is 36.6 Å². The number of aliphatic hydroxyl groups is 1. The molecule has 6 amide bonds. The molecule has 1 heterocycles. The normalized spacial score (nSPS) is 13.7. The highest BCUT2D eigenvalue weighted by atomic mass is 16.4. The van der Waals surface area contributed by atoms with Gasteiger partial charge in [0.2, 0.25) is 35.4 Å². The van der Waals surface area contributed by atoms with E-state index in [9.17, 15) is 53.4 Å². The average Bonchev–Trinajstić information content (AvgIpc) is 3.03. The number of nitrogens with one attached hydrogen (secondary N) is 6. The standard InChI is InChI=1S/C33H44N6O13/c1-16-13-28(47)52-25-14-20(8-9-21(16)25)36-30(48)22(7-5-6-12-34-18(3)41)37-32(50)24(15-27(45)46)38-33(51)29(17(2)40)39-31(49)23(35-19(4)42)10-11-26(43)44/h8-9,13-14,17,22-24,29,40H,5-7,10-12,15H2,1-4H3,(H,34,41)(H,35,42)(H,36,48)(H,37,50)(H,38,51)(H,39,49)(H,43,44)(H,45,46)/t17-,22+,23+,24+,29+/m1/s1. The molecule has 0 radical (unpaired) electrons. The van der Waals surface area contributed by atoms with Crippen molar-refractivity contribution in [1.29, 1.82) is 0 Å². The van der Waals surface area contributed by atoms with Crippen LogP contribution in [0.25, 0.3) is 11.0 Å². The fourth-order valence-corrected chi connectivity index (χ4v) is 5.00. The first kappa shape index (κ1) is 42.3. The third-order valence-electron chi connectivity index (χ3n) is 7.56. The number of carboxylic acid groups (broad SMARTS) is 2. The molecule has 0 aliphatic heterocycles. The molecule has 9 N–H and O–H groups in total. The molecule has 0 unspecified atom stereocenters. The quantitative estimate of drug-likeness (QED) is 0.0585. The van der Waals surface area contributed by atoms with E-state index in [0.717, 1.165) is 13.8 Å². The van der Waals surface area contributed by atoms with Gasteiger partial charge in [-0.1, -0.05) is 0 Å². The van der Waals surface area contributed by atoms with Gasteiger partial charge in [0.05, 0.1) is 12.5 Å². The van der Waals surface area contributed by atoms with Crippen molar-refractivity contribution in [2.75, 3.05) is 11.9 Å². The summed E-state index contributed by atoms with van der Waals surface area (Å²) < 4.78 is 5.22. The number of aliphatic hydroxyl groups excluding tert-OH is 1. The highest BCUT2D eigenvalue weighted by molar-refractivity contribution is 6.01. The van der Waals surface area contributed by atoms with Crippen molar-refractivity contribution < 1.29 is 58.1 Å². The van der Waals surface area contributed by atoms with Crippen molar-refractivity contribution in [3.8, 4) is 0 Å². The summed E-state index contributed by atoms with van der Waals surface area (Å²) in [5.41, 5.74) is 0.430. The van der Waals surface area contributed by atoms with Gasteiger partial charge in [0.15, 0.2) is 0 Å². The monoisotopic (exact) mass is 732 g/mol. The number of aliphatic carboxylic acids is 2. The zero-order chi connectivity index (χ0) is 39.1. The maximum Gasteiger partial charge on any atom is 0.336 e. The van der Waals surface area contributed by atoms with Gasteiger partial charge in [-0.2, -0.15) is 0 Å². The molecular formula is C33H44N6O13. The van der Waals surface area contributed by atoms with Gasteiger partial charge < -0.3 is 51.6 Å². The third-order valence-corrected chi connectivity index (χ3v) is 7.56. The van der Waals surface area contributed by atoms with E-state index in [1.54, 1.807) is 19.1 Å². The molecule has 0 saturated heterocycles. The molecule has 0 spiro atoms. The molecule has 284 valence electrons. The van der Waals surface area contributed by atoms with Crippen molar-refractivity contribution >= 4 is 64.0 Å². The van der Waals surface area contributed by atoms with E-state index in [1.165, 1.54) is 19.1 Å². The molecule has 2 rings (SSSR count). The average molecular weight is 733 g/mol. The fourth-order valence-electron chi connectivity index (χ4n) is 5.00. The van der Waals surface area contributed by atoms with Crippen LogP contribution in [0.5, 0.6) is 0 Å². The van der Waals surface area contributed by atoms with E-state index in [2.05, 4.69) is 31.9 Å². The largest absolute Gasteiger partial charge is 0.481 e. The minimum absolute atomic E-state index is 0.0000942. The lowest BCUT2D eigenvalue weighted by Gasteiger charge is -2.27. The van der Waals surface area contributed by atoms with Crippen LogP contribution in [0, 0.1) is 6.92 Å². The van der Waals surface area contributed by atoms with Crippen LogP contribution in [0.4, 0.5) is 5.69 Å². The SMILES string of the molecule is CC(=O)NCCCC[C@H](NC(=O)[C@H](CC(=O)O)NC(=O)[C@@H](NC(=O)[C@H](CCC(=O)O)NC(C)=O)[C@@H](C)O)C(=O)Nc1ccc2c(C)cc(=O)oc2c1. The van der Waals surface area contributed by atoms with Crippen LogP contribution in [-0.2, 0) is 38.4 Å². The number of unbranched alkanes of at least 4 members (excludes halogenated alkanes) is 1. The molecule has 19 nitrogen and oxygen atoms in total. The molecule has 1 aromatic heterocycles. The Balaban J connectivity index is 2.29. The second-order valence-corrected chi connectivity index (χ2v) is 12.1. The Hall–Kier alpha value is -5.85. The van der Waals surface area contributed by atoms with Crippen LogP contribution in [0.1, 0.15) is 64.9 Å². The van der Waals surface area contributed by atoms with Gasteiger partial charge in [-0.15, -0.1) is 0 Å². The van der Waals surface area contributed by atoms with Crippen LogP contribution in [0.15, 0.2) is 33.5 Å². The van der Waals surface area contributed by atoms with Crippen molar-refractivity contribution in [1.82, 2.24) is 26.6 Å². The first-order valence-corrected chi connectivity index (χ1v) is 16.3. The lowest BCUT2D eigenvalue weighted by atomic mass is 10.1. The van der Waals surface area contributed by atoms with Crippen LogP contribution >= 0.6 is 0 Å². The summed E-state index contributed by atoms with van der Waals surface area (Å²) >= 11 is 0. The molecule has 52 heavy (non-hydrogen) atoms. The third kappa shape index (κ3) is 14.2. The van der Waals surface area contributed by atoms with Crippen molar-refractivity contribution in [2.45, 2.75) is 96.5 Å². The lowest BCUT2D eigenvalue weighted by molar-refractivity contribution is -0.142. The predicted octanol–water partition coefficient (Wildman–Crippen LogP) is -0.974. The van der Waals surface area contributed by atoms with Gasteiger partial charge in [-0.3, -0.25) is 38.4 Å². The number of hydrogen-bond acceptors (Lipinski definition) is 11. The molecular weight excluding hydrogens is 688 g/mol. The number of aryl methyl sites for hydroxylation is 1. The highest BCUT2D eigenvalue weighted by Crippen LogP contribution is 2.21. The minimum Gasteiger partial charge on any atom is -0.481 e. The van der Waals surface area contributed by atoms with Gasteiger partial charge in [0.25, 0.3) is 0 Å². The van der Waals surface area contributed by atoms with Gasteiger partial charge in [-0.05, 0) is 57.2 Å². The fraction of sp³-hybridized carbons (Fsp3) is 0.485. The summed E-state index contributed by atoms with van der Waals surface area (Å²) in [6, 6.07) is -0.457. The van der Waals surface area contributed by atoms with Crippen molar-refractivity contribution in [3.05, 3.63) is 40.2 Å². The Labute approximate surface area is 297 Å². The summed E-state index contributed by atoms with van der Waals surface area (Å²) in [6.07, 6.45) is -2.79. The smallest absolute Gasteiger partial charge is 0.336 e. The summed E-state index contributed by atoms with van der Waals surface area (Å²) in [4.78, 5) is 111. The molecule has 0 saturated carbocycles. The molecule has 0 bridgehead atoms. The first-order chi connectivity index (χ1) is 24.4. The topological polar surface area (TPSA) is 300 Å². The van der Waals surface area contributed by atoms with Gasteiger partial charge >= 0.3 is 17.6 Å². The summed E-state index contributed by atoms with van der Waals surface area (Å²) in [6.45, 7) is 5.49. The summed E-state index contributed by atoms with van der Waals surface area (Å²) in [5.74, 6) is -7.83. The van der Waals surface area contributed by atoms with E-state index in [1.807, 2.05) is 0 Å². The number of amides is 6. The summed E-state index contributed by atoms with van der Waals surface area (Å²) in [7, 11) is 0. The second kappa shape index (κ2) is 20.1. The molecule has 2 aromatic rings. The molecule has 5 atom stereocenters. The predicted molar refractivity (Wildman–Crippen MR) is 183 cm³/mol. The highest BCUT2D eigenvalue weighted by Gasteiger charge is 2.34. The number of fused-ring (bicyclic) bond motifs is 1. The molecule has 1 aromatic carbocycles. The number of benzene rings is 1.